The molecule has 1 fully saturated rings. The van der Waals surface area contributed by atoms with E-state index in [2.05, 4.69) is 38.0 Å². The van der Waals surface area contributed by atoms with E-state index in [9.17, 15) is 0 Å². The summed E-state index contributed by atoms with van der Waals surface area (Å²) in [6.07, 6.45) is 2.31. The highest BCUT2D eigenvalue weighted by atomic mass is 16.5. The number of likely N-dealkylation sites (N-methyl/N-ethyl adjacent to an activating group) is 1. The first-order valence-electron chi connectivity index (χ1n) is 7.97. The monoisotopic (exact) mass is 286 g/mol. The SMILES string of the molecule is COCC(C)N(C)CC1(CNCC(C)C)CCOCC1. The molecule has 0 aromatic rings. The maximum Gasteiger partial charge on any atom is 0.0615 e. The lowest BCUT2D eigenvalue weighted by Gasteiger charge is -2.42. The van der Waals surface area contributed by atoms with Gasteiger partial charge in [-0.3, -0.25) is 0 Å². The molecule has 1 unspecified atom stereocenters. The quantitative estimate of drug-likeness (QED) is 0.703. The normalized spacial score (nSPS) is 20.6. The lowest BCUT2D eigenvalue weighted by Crippen LogP contribution is -2.49. The first-order chi connectivity index (χ1) is 9.49. The molecule has 1 aliphatic rings. The Morgan fingerprint density at radius 3 is 2.45 bits per heavy atom. The number of ether oxygens (including phenoxy) is 2. The highest BCUT2D eigenvalue weighted by Gasteiger charge is 2.34. The molecule has 1 saturated heterocycles. The van der Waals surface area contributed by atoms with Crippen molar-refractivity contribution in [1.29, 1.82) is 0 Å². The summed E-state index contributed by atoms with van der Waals surface area (Å²) in [4.78, 5) is 2.44. The second-order valence-corrected chi connectivity index (χ2v) is 6.86. The van der Waals surface area contributed by atoms with Gasteiger partial charge in [0.2, 0.25) is 0 Å². The van der Waals surface area contributed by atoms with Gasteiger partial charge in [0, 0.05) is 39.5 Å². The van der Waals surface area contributed by atoms with Gasteiger partial charge in [-0.1, -0.05) is 13.8 Å². The molecule has 0 aromatic carbocycles. The van der Waals surface area contributed by atoms with Crippen molar-refractivity contribution in [3.8, 4) is 0 Å². The second-order valence-electron chi connectivity index (χ2n) is 6.86. The summed E-state index contributed by atoms with van der Waals surface area (Å²) in [5.41, 5.74) is 0.351. The lowest BCUT2D eigenvalue weighted by molar-refractivity contribution is -0.0114. The Balaban J connectivity index is 2.53. The summed E-state index contributed by atoms with van der Waals surface area (Å²) in [6.45, 7) is 12.7. The zero-order chi connectivity index (χ0) is 15.0. The van der Waals surface area contributed by atoms with Crippen LogP contribution in [-0.4, -0.2) is 64.6 Å². The van der Waals surface area contributed by atoms with Gasteiger partial charge < -0.3 is 19.7 Å². The molecule has 1 rings (SSSR count). The van der Waals surface area contributed by atoms with Crippen molar-refractivity contribution in [2.24, 2.45) is 11.3 Å². The van der Waals surface area contributed by atoms with Gasteiger partial charge in [0.1, 0.15) is 0 Å². The Hall–Kier alpha value is -0.160. The summed E-state index contributed by atoms with van der Waals surface area (Å²) in [7, 11) is 3.99. The Labute approximate surface area is 125 Å². The number of nitrogens with one attached hydrogen (secondary N) is 1. The number of rotatable bonds is 9. The third kappa shape index (κ3) is 6.08. The first-order valence-corrected chi connectivity index (χ1v) is 7.97. The van der Waals surface area contributed by atoms with Crippen LogP contribution in [0.2, 0.25) is 0 Å². The molecule has 0 aromatic heterocycles. The summed E-state index contributed by atoms with van der Waals surface area (Å²) >= 11 is 0. The zero-order valence-electron chi connectivity index (χ0n) is 14.1. The van der Waals surface area contributed by atoms with Crippen LogP contribution in [0, 0.1) is 11.3 Å². The van der Waals surface area contributed by atoms with Crippen LogP contribution in [0.1, 0.15) is 33.6 Å². The van der Waals surface area contributed by atoms with Crippen LogP contribution in [0.25, 0.3) is 0 Å². The molecular weight excluding hydrogens is 252 g/mol. The molecule has 1 heterocycles. The van der Waals surface area contributed by atoms with Crippen molar-refractivity contribution < 1.29 is 9.47 Å². The number of hydrogen-bond donors (Lipinski definition) is 1. The van der Waals surface area contributed by atoms with Crippen LogP contribution in [0.5, 0.6) is 0 Å². The van der Waals surface area contributed by atoms with E-state index in [1.54, 1.807) is 7.11 Å². The molecule has 0 radical (unpaired) electrons. The van der Waals surface area contributed by atoms with Gasteiger partial charge in [0.25, 0.3) is 0 Å². The topological polar surface area (TPSA) is 33.7 Å². The van der Waals surface area contributed by atoms with Crippen LogP contribution in [0.3, 0.4) is 0 Å². The first kappa shape index (κ1) is 17.9. The third-order valence-corrected chi connectivity index (χ3v) is 4.35. The molecule has 0 aliphatic carbocycles. The minimum absolute atomic E-state index is 0.351. The van der Waals surface area contributed by atoms with E-state index < -0.39 is 0 Å². The summed E-state index contributed by atoms with van der Waals surface area (Å²) in [5, 5.41) is 3.66. The number of nitrogens with zero attached hydrogens (tertiary/aromatic N) is 1. The molecule has 0 amide bonds. The van der Waals surface area contributed by atoms with Crippen LogP contribution in [0.4, 0.5) is 0 Å². The van der Waals surface area contributed by atoms with Gasteiger partial charge in [-0.15, -0.1) is 0 Å². The summed E-state index contributed by atoms with van der Waals surface area (Å²) < 4.78 is 10.8. The van der Waals surface area contributed by atoms with E-state index in [0.717, 1.165) is 52.3 Å². The van der Waals surface area contributed by atoms with Crippen LogP contribution in [-0.2, 0) is 9.47 Å². The molecule has 1 N–H and O–H groups in total. The van der Waals surface area contributed by atoms with Crippen molar-refractivity contribution in [3.05, 3.63) is 0 Å². The molecule has 0 saturated carbocycles. The zero-order valence-corrected chi connectivity index (χ0v) is 14.1. The molecule has 0 spiro atoms. The van der Waals surface area contributed by atoms with Crippen LogP contribution < -0.4 is 5.32 Å². The lowest BCUT2D eigenvalue weighted by atomic mass is 9.79. The third-order valence-electron chi connectivity index (χ3n) is 4.35. The van der Waals surface area contributed by atoms with E-state index in [1.807, 2.05) is 0 Å². The van der Waals surface area contributed by atoms with E-state index >= 15 is 0 Å². The molecule has 4 heteroatoms. The number of methoxy groups -OCH3 is 1. The Morgan fingerprint density at radius 2 is 1.90 bits per heavy atom. The van der Waals surface area contributed by atoms with Gasteiger partial charge in [0.05, 0.1) is 6.61 Å². The molecule has 120 valence electrons. The van der Waals surface area contributed by atoms with Crippen molar-refractivity contribution in [2.45, 2.75) is 39.7 Å². The molecule has 1 aliphatic heterocycles. The Kier molecular flexibility index (Phi) is 8.03. The van der Waals surface area contributed by atoms with E-state index in [4.69, 9.17) is 9.47 Å². The van der Waals surface area contributed by atoms with E-state index in [1.165, 1.54) is 0 Å². The fourth-order valence-corrected chi connectivity index (χ4v) is 2.87. The summed E-state index contributed by atoms with van der Waals surface area (Å²) in [6, 6.07) is 0.463. The van der Waals surface area contributed by atoms with Crippen molar-refractivity contribution in [2.75, 3.05) is 53.6 Å². The average Bonchev–Trinajstić information content (AvgIpc) is 2.39. The Morgan fingerprint density at radius 1 is 1.25 bits per heavy atom. The van der Waals surface area contributed by atoms with Crippen LogP contribution in [0.15, 0.2) is 0 Å². The van der Waals surface area contributed by atoms with Gasteiger partial charge in [0.15, 0.2) is 0 Å². The molecule has 1 atom stereocenters. The highest BCUT2D eigenvalue weighted by Crippen LogP contribution is 2.31. The maximum absolute atomic E-state index is 5.57. The van der Waals surface area contributed by atoms with Crippen molar-refractivity contribution in [3.63, 3.8) is 0 Å². The molecular formula is C16H34N2O2. The molecule has 4 nitrogen and oxygen atoms in total. The predicted octanol–water partition coefficient (Wildman–Crippen LogP) is 2.00. The van der Waals surface area contributed by atoms with E-state index in [0.29, 0.717) is 17.4 Å². The maximum atomic E-state index is 5.57. The van der Waals surface area contributed by atoms with Gasteiger partial charge in [-0.2, -0.15) is 0 Å². The van der Waals surface area contributed by atoms with E-state index in [-0.39, 0.29) is 0 Å². The molecule has 20 heavy (non-hydrogen) atoms. The second kappa shape index (κ2) is 8.98. The Bertz CT molecular complexity index is 253. The molecule has 0 bridgehead atoms. The predicted molar refractivity (Wildman–Crippen MR) is 84.2 cm³/mol. The fourth-order valence-electron chi connectivity index (χ4n) is 2.87. The fraction of sp³-hybridized carbons (Fsp3) is 1.00. The van der Waals surface area contributed by atoms with Crippen molar-refractivity contribution in [1.82, 2.24) is 10.2 Å². The highest BCUT2D eigenvalue weighted by molar-refractivity contribution is 4.87. The minimum Gasteiger partial charge on any atom is -0.383 e. The van der Waals surface area contributed by atoms with Gasteiger partial charge >= 0.3 is 0 Å². The number of hydrogen-bond acceptors (Lipinski definition) is 4. The minimum atomic E-state index is 0.351. The van der Waals surface area contributed by atoms with Crippen LogP contribution >= 0.6 is 0 Å². The van der Waals surface area contributed by atoms with Gasteiger partial charge in [-0.25, -0.2) is 0 Å². The largest absolute Gasteiger partial charge is 0.383 e. The smallest absolute Gasteiger partial charge is 0.0615 e. The summed E-state index contributed by atoms with van der Waals surface area (Å²) in [5.74, 6) is 0.706. The van der Waals surface area contributed by atoms with Crippen molar-refractivity contribution >= 4 is 0 Å². The average molecular weight is 286 g/mol. The van der Waals surface area contributed by atoms with Gasteiger partial charge in [-0.05, 0) is 44.7 Å². The standard InChI is InChI=1S/C16H34N2O2/c1-14(2)10-17-12-16(6-8-20-9-7-16)13-18(4)15(3)11-19-5/h14-15,17H,6-13H2,1-5H3.